The summed E-state index contributed by atoms with van der Waals surface area (Å²) in [5.74, 6) is -1.99. The molecule has 9 heteroatoms. The molecule has 0 radical (unpaired) electrons. The number of ether oxygens (including phenoxy) is 4. The van der Waals surface area contributed by atoms with Gasteiger partial charge in [-0.25, -0.2) is 4.79 Å². The molecule has 0 aromatic rings. The molecule has 1 N–H and O–H groups in total. The summed E-state index contributed by atoms with van der Waals surface area (Å²) in [6.07, 6.45) is 65.1. The van der Waals surface area contributed by atoms with Gasteiger partial charge in [0.15, 0.2) is 6.10 Å². The quantitative estimate of drug-likeness (QED) is 0.0211. The van der Waals surface area contributed by atoms with E-state index < -0.39 is 24.3 Å². The van der Waals surface area contributed by atoms with Gasteiger partial charge in [-0.05, 0) is 70.6 Å². The zero-order valence-electron chi connectivity index (χ0n) is 48.8. The fourth-order valence-electron chi connectivity index (χ4n) is 9.04. The second kappa shape index (κ2) is 55.7. The lowest BCUT2D eigenvalue weighted by atomic mass is 10.0. The Morgan fingerprint density at radius 3 is 1.10 bits per heavy atom. The summed E-state index contributed by atoms with van der Waals surface area (Å²) in [5.41, 5.74) is 0. The van der Waals surface area contributed by atoms with Gasteiger partial charge in [0, 0.05) is 12.8 Å². The van der Waals surface area contributed by atoms with Gasteiger partial charge in [-0.3, -0.25) is 9.59 Å². The van der Waals surface area contributed by atoms with Crippen LogP contribution in [0.5, 0.6) is 0 Å². The van der Waals surface area contributed by atoms with Crippen LogP contribution < -0.4 is 0 Å². The number of carbonyl (C=O) groups excluding carboxylic acids is 2. The van der Waals surface area contributed by atoms with Crippen LogP contribution in [0.15, 0.2) is 36.5 Å². The highest BCUT2D eigenvalue weighted by Crippen LogP contribution is 2.17. The Labute approximate surface area is 451 Å². The second-order valence-corrected chi connectivity index (χ2v) is 22.4. The first-order valence-electron chi connectivity index (χ1n) is 31.2. The molecule has 0 fully saturated rings. The summed E-state index contributed by atoms with van der Waals surface area (Å²) in [4.78, 5) is 37.5. The summed E-state index contributed by atoms with van der Waals surface area (Å²) < 4.78 is 22.9. The standard InChI is InChI=1S/C64H119NO8/c1-6-8-10-12-14-16-18-20-22-24-26-28-30-31-33-35-37-39-41-43-45-47-49-51-53-55-62(67)73-60(59-72-64(63(68)69)70-57-56-65(3,4)5)58-71-61(66)54-52-50-48-46-44-42-40-38-36-34-32-29-27-25-23-21-19-17-15-13-11-9-7-2/h18,20,24-27,60,64H,6-17,19,21-23,28-59H2,1-5H3/p+1/b20-18-,26-24-,27-25-. The van der Waals surface area contributed by atoms with Crippen LogP contribution >= 0.6 is 0 Å². The number of carbonyl (C=O) groups is 3. The first-order chi connectivity index (χ1) is 35.6. The summed E-state index contributed by atoms with van der Waals surface area (Å²) in [6, 6.07) is 0. The van der Waals surface area contributed by atoms with Crippen molar-refractivity contribution in [2.75, 3.05) is 47.5 Å². The Morgan fingerprint density at radius 2 is 0.740 bits per heavy atom. The van der Waals surface area contributed by atoms with Crippen LogP contribution in [0.4, 0.5) is 0 Å². The molecule has 0 heterocycles. The van der Waals surface area contributed by atoms with Gasteiger partial charge in [-0.1, -0.05) is 249 Å². The van der Waals surface area contributed by atoms with E-state index in [9.17, 15) is 19.5 Å². The van der Waals surface area contributed by atoms with Gasteiger partial charge in [0.2, 0.25) is 0 Å². The molecule has 428 valence electrons. The van der Waals surface area contributed by atoms with Crippen molar-refractivity contribution in [1.82, 2.24) is 0 Å². The number of aliphatic carboxylic acids is 1. The number of esters is 2. The van der Waals surface area contributed by atoms with Gasteiger partial charge < -0.3 is 28.5 Å². The van der Waals surface area contributed by atoms with E-state index in [0.717, 1.165) is 44.9 Å². The van der Waals surface area contributed by atoms with Gasteiger partial charge in [0.05, 0.1) is 34.4 Å². The maximum Gasteiger partial charge on any atom is 0.361 e. The van der Waals surface area contributed by atoms with E-state index in [1.807, 2.05) is 21.1 Å². The number of quaternary nitrogens is 1. The van der Waals surface area contributed by atoms with E-state index in [2.05, 4.69) is 50.3 Å². The van der Waals surface area contributed by atoms with Gasteiger partial charge >= 0.3 is 17.9 Å². The van der Waals surface area contributed by atoms with Crippen LogP contribution in [-0.2, 0) is 33.3 Å². The van der Waals surface area contributed by atoms with E-state index in [-0.39, 0.29) is 32.2 Å². The molecule has 0 rings (SSSR count). The minimum absolute atomic E-state index is 0.179. The number of carboxylic acid groups (broad SMARTS) is 1. The molecule has 0 aliphatic heterocycles. The zero-order chi connectivity index (χ0) is 53.4. The molecule has 0 saturated carbocycles. The maximum atomic E-state index is 12.9. The van der Waals surface area contributed by atoms with Crippen molar-refractivity contribution in [2.24, 2.45) is 0 Å². The lowest BCUT2D eigenvalue weighted by Crippen LogP contribution is -2.40. The van der Waals surface area contributed by atoms with Crippen molar-refractivity contribution in [1.29, 1.82) is 0 Å². The number of carboxylic acids is 1. The molecule has 0 bridgehead atoms. The Hall–Kier alpha value is -2.49. The molecule has 0 aliphatic rings. The second-order valence-electron chi connectivity index (χ2n) is 22.4. The van der Waals surface area contributed by atoms with Crippen LogP contribution in [0.1, 0.15) is 296 Å². The number of rotatable bonds is 58. The highest BCUT2D eigenvalue weighted by atomic mass is 16.7. The number of unbranched alkanes of at least 4 members (excludes halogenated alkanes) is 37. The highest BCUT2D eigenvalue weighted by molar-refractivity contribution is 5.71. The third kappa shape index (κ3) is 57.1. The molecule has 0 aromatic carbocycles. The predicted octanol–water partition coefficient (Wildman–Crippen LogP) is 18.5. The van der Waals surface area contributed by atoms with Gasteiger partial charge in [0.1, 0.15) is 13.2 Å². The van der Waals surface area contributed by atoms with Crippen molar-refractivity contribution < 1.29 is 42.9 Å². The van der Waals surface area contributed by atoms with Crippen molar-refractivity contribution in [3.8, 4) is 0 Å². The molecule has 9 nitrogen and oxygen atoms in total. The number of hydrogen-bond acceptors (Lipinski definition) is 7. The molecule has 0 spiro atoms. The smallest absolute Gasteiger partial charge is 0.361 e. The first kappa shape index (κ1) is 70.5. The third-order valence-corrected chi connectivity index (χ3v) is 13.9. The topological polar surface area (TPSA) is 108 Å². The Morgan fingerprint density at radius 1 is 0.411 bits per heavy atom. The molecule has 2 atom stereocenters. The molecule has 0 aromatic heterocycles. The predicted molar refractivity (Wildman–Crippen MR) is 309 cm³/mol. The fourth-order valence-corrected chi connectivity index (χ4v) is 9.04. The van der Waals surface area contributed by atoms with Crippen LogP contribution in [0.3, 0.4) is 0 Å². The van der Waals surface area contributed by atoms with Crippen molar-refractivity contribution >= 4 is 17.9 Å². The average Bonchev–Trinajstić information content (AvgIpc) is 3.36. The third-order valence-electron chi connectivity index (χ3n) is 13.9. The summed E-state index contributed by atoms with van der Waals surface area (Å²) >= 11 is 0. The van der Waals surface area contributed by atoms with Crippen molar-refractivity contribution in [3.05, 3.63) is 36.5 Å². The van der Waals surface area contributed by atoms with Crippen LogP contribution in [0.2, 0.25) is 0 Å². The SMILES string of the molecule is CCCCCCC/C=C\C/C=C\CCCCCCCCCCCCCCCC(=O)OC(COC(=O)CCCCCCCCCCCCC/C=C\CCCCCCCCCC)COC(OCC[N+](C)(C)C)C(=O)O. The Bertz CT molecular complexity index is 1290. The first-order valence-corrected chi connectivity index (χ1v) is 31.2. The minimum Gasteiger partial charge on any atom is -0.477 e. The van der Waals surface area contributed by atoms with E-state index in [1.165, 1.54) is 225 Å². The molecule has 2 unspecified atom stereocenters. The van der Waals surface area contributed by atoms with Gasteiger partial charge in [-0.15, -0.1) is 0 Å². The van der Waals surface area contributed by atoms with Crippen LogP contribution in [-0.4, -0.2) is 87.4 Å². The minimum atomic E-state index is -1.51. The molecule has 0 amide bonds. The lowest BCUT2D eigenvalue weighted by molar-refractivity contribution is -0.870. The van der Waals surface area contributed by atoms with E-state index in [4.69, 9.17) is 18.9 Å². The molecular weight excluding hydrogens is 911 g/mol. The van der Waals surface area contributed by atoms with E-state index in [0.29, 0.717) is 17.4 Å². The van der Waals surface area contributed by atoms with E-state index >= 15 is 0 Å². The highest BCUT2D eigenvalue weighted by Gasteiger charge is 2.25. The number of nitrogens with zero attached hydrogens (tertiary/aromatic N) is 1. The Kier molecular flexibility index (Phi) is 53.8. The summed E-state index contributed by atoms with van der Waals surface area (Å²) in [5, 5.41) is 9.72. The average molecular weight is 1030 g/mol. The lowest BCUT2D eigenvalue weighted by Gasteiger charge is -2.25. The number of allylic oxidation sites excluding steroid dienone is 6. The number of likely N-dealkylation sites (N-methyl/N-ethyl adjacent to an activating group) is 1. The number of hydrogen-bond donors (Lipinski definition) is 1. The van der Waals surface area contributed by atoms with Crippen LogP contribution in [0.25, 0.3) is 0 Å². The van der Waals surface area contributed by atoms with Gasteiger partial charge in [-0.2, -0.15) is 0 Å². The largest absolute Gasteiger partial charge is 0.477 e. The maximum absolute atomic E-state index is 12.9. The fraction of sp³-hybridized carbons (Fsp3) is 0.859. The van der Waals surface area contributed by atoms with Gasteiger partial charge in [0.25, 0.3) is 6.29 Å². The van der Waals surface area contributed by atoms with Crippen molar-refractivity contribution in [2.45, 2.75) is 309 Å². The zero-order valence-corrected chi connectivity index (χ0v) is 48.8. The van der Waals surface area contributed by atoms with E-state index in [1.54, 1.807) is 0 Å². The molecule has 0 saturated heterocycles. The normalized spacial score (nSPS) is 12.9. The van der Waals surface area contributed by atoms with Crippen molar-refractivity contribution in [3.63, 3.8) is 0 Å². The molecule has 73 heavy (non-hydrogen) atoms. The Balaban J connectivity index is 4.18. The summed E-state index contributed by atoms with van der Waals surface area (Å²) in [6.45, 7) is 4.91. The summed E-state index contributed by atoms with van der Waals surface area (Å²) in [7, 11) is 5.98. The van der Waals surface area contributed by atoms with Crippen LogP contribution in [0, 0.1) is 0 Å². The molecule has 0 aliphatic carbocycles. The molecular formula is C64H120NO8+. The monoisotopic (exact) mass is 1030 g/mol.